The topological polar surface area (TPSA) is 67.9 Å². The van der Waals surface area contributed by atoms with E-state index >= 15 is 0 Å². The molecule has 1 N–H and O–H groups in total. The summed E-state index contributed by atoms with van der Waals surface area (Å²) in [6.45, 7) is 0. The number of amides is 2. The van der Waals surface area contributed by atoms with Crippen molar-refractivity contribution >= 4 is 17.5 Å². The normalized spacial score (nSPS) is 10.2. The zero-order chi connectivity index (χ0) is 19.3. The molecule has 0 saturated carbocycles. The highest BCUT2D eigenvalue weighted by molar-refractivity contribution is 6.04. The first-order valence-corrected chi connectivity index (χ1v) is 7.87. The number of hydrogen-bond acceptors (Lipinski definition) is 4. The van der Waals surface area contributed by atoms with Gasteiger partial charge in [-0.3, -0.25) is 9.59 Å². The highest BCUT2D eigenvalue weighted by Gasteiger charge is 2.20. The van der Waals surface area contributed by atoms with Gasteiger partial charge in [0.05, 0.1) is 31.9 Å². The summed E-state index contributed by atoms with van der Waals surface area (Å²) in [6, 6.07) is 8.83. The van der Waals surface area contributed by atoms with Crippen LogP contribution in [0.15, 0.2) is 36.4 Å². The van der Waals surface area contributed by atoms with Crippen molar-refractivity contribution in [3.8, 4) is 11.5 Å². The molecule has 7 heteroatoms. The van der Waals surface area contributed by atoms with Crippen LogP contribution in [0.2, 0.25) is 0 Å². The molecule has 0 fully saturated rings. The fourth-order valence-electron chi connectivity index (χ4n) is 2.43. The fourth-order valence-corrected chi connectivity index (χ4v) is 2.43. The van der Waals surface area contributed by atoms with Crippen molar-refractivity contribution in [2.45, 2.75) is 6.42 Å². The first-order valence-electron chi connectivity index (χ1n) is 7.87. The molecule has 0 aromatic heterocycles. The first kappa shape index (κ1) is 19.2. The highest BCUT2D eigenvalue weighted by Crippen LogP contribution is 2.34. The third kappa shape index (κ3) is 4.50. The summed E-state index contributed by atoms with van der Waals surface area (Å²) < 4.78 is 23.7. The molecule has 138 valence electrons. The Kier molecular flexibility index (Phi) is 6.16. The number of nitrogens with one attached hydrogen (secondary N) is 1. The van der Waals surface area contributed by atoms with Crippen molar-refractivity contribution in [2.24, 2.45) is 0 Å². The third-order valence-electron chi connectivity index (χ3n) is 3.69. The quantitative estimate of drug-likeness (QED) is 0.860. The van der Waals surface area contributed by atoms with Gasteiger partial charge in [0, 0.05) is 20.2 Å². The summed E-state index contributed by atoms with van der Waals surface area (Å²) in [4.78, 5) is 26.2. The van der Waals surface area contributed by atoms with Gasteiger partial charge in [0.15, 0.2) is 11.5 Å². The van der Waals surface area contributed by atoms with Crippen LogP contribution in [0.1, 0.15) is 15.9 Å². The summed E-state index contributed by atoms with van der Waals surface area (Å²) >= 11 is 0. The SMILES string of the molecule is COc1cc(NC(=O)Cc2cccc(F)c2)c(C(=O)N(C)C)cc1OC. The lowest BCUT2D eigenvalue weighted by molar-refractivity contribution is -0.115. The molecule has 6 nitrogen and oxygen atoms in total. The molecule has 0 radical (unpaired) electrons. The van der Waals surface area contributed by atoms with Crippen LogP contribution < -0.4 is 14.8 Å². The summed E-state index contributed by atoms with van der Waals surface area (Å²) in [6.07, 6.45) is -0.0261. The molecule has 0 aliphatic heterocycles. The van der Waals surface area contributed by atoms with Gasteiger partial charge < -0.3 is 19.7 Å². The van der Waals surface area contributed by atoms with E-state index in [2.05, 4.69) is 5.32 Å². The monoisotopic (exact) mass is 360 g/mol. The second-order valence-corrected chi connectivity index (χ2v) is 5.81. The summed E-state index contributed by atoms with van der Waals surface area (Å²) in [5.41, 5.74) is 1.09. The molecule has 0 heterocycles. The Balaban J connectivity index is 2.33. The Hall–Kier alpha value is -3.09. The number of carbonyl (C=O) groups is 2. The Labute approximate surface area is 151 Å². The molecule has 0 atom stereocenters. The lowest BCUT2D eigenvalue weighted by Crippen LogP contribution is -2.24. The van der Waals surface area contributed by atoms with Gasteiger partial charge in [0.2, 0.25) is 5.91 Å². The zero-order valence-corrected chi connectivity index (χ0v) is 15.1. The minimum Gasteiger partial charge on any atom is -0.493 e. The molecule has 26 heavy (non-hydrogen) atoms. The van der Waals surface area contributed by atoms with Gasteiger partial charge in [-0.2, -0.15) is 0 Å². The van der Waals surface area contributed by atoms with E-state index in [0.717, 1.165) is 0 Å². The Morgan fingerprint density at radius 3 is 2.31 bits per heavy atom. The number of anilines is 1. The number of ether oxygens (including phenoxy) is 2. The molecule has 0 spiro atoms. The van der Waals surface area contributed by atoms with Crippen LogP contribution >= 0.6 is 0 Å². The third-order valence-corrected chi connectivity index (χ3v) is 3.69. The molecule has 0 unspecified atom stereocenters. The lowest BCUT2D eigenvalue weighted by Gasteiger charge is -2.18. The van der Waals surface area contributed by atoms with Gasteiger partial charge in [-0.15, -0.1) is 0 Å². The van der Waals surface area contributed by atoms with E-state index in [1.54, 1.807) is 20.2 Å². The zero-order valence-electron chi connectivity index (χ0n) is 15.1. The van der Waals surface area contributed by atoms with Crippen LogP contribution in [-0.4, -0.2) is 45.0 Å². The van der Waals surface area contributed by atoms with Gasteiger partial charge in [-0.1, -0.05) is 12.1 Å². The van der Waals surface area contributed by atoms with Gasteiger partial charge in [-0.25, -0.2) is 4.39 Å². The van der Waals surface area contributed by atoms with Crippen LogP contribution in [0.4, 0.5) is 10.1 Å². The Morgan fingerprint density at radius 2 is 1.73 bits per heavy atom. The van der Waals surface area contributed by atoms with Crippen molar-refractivity contribution in [2.75, 3.05) is 33.6 Å². The molecule has 0 saturated heterocycles. The maximum Gasteiger partial charge on any atom is 0.255 e. The summed E-state index contributed by atoms with van der Waals surface area (Å²) in [5, 5.41) is 2.70. The molecular formula is C19H21FN2O4. The number of carbonyl (C=O) groups excluding carboxylic acids is 2. The molecule has 2 rings (SSSR count). The number of nitrogens with zero attached hydrogens (tertiary/aromatic N) is 1. The van der Waals surface area contributed by atoms with Crippen molar-refractivity contribution in [3.63, 3.8) is 0 Å². The van der Waals surface area contributed by atoms with Crippen LogP contribution in [0.3, 0.4) is 0 Å². The number of rotatable bonds is 6. The van der Waals surface area contributed by atoms with Crippen molar-refractivity contribution in [1.82, 2.24) is 4.90 Å². The number of methoxy groups -OCH3 is 2. The summed E-state index contributed by atoms with van der Waals surface area (Å²) in [5.74, 6) is -0.336. The summed E-state index contributed by atoms with van der Waals surface area (Å²) in [7, 11) is 6.14. The van der Waals surface area contributed by atoms with Crippen LogP contribution in [0, 0.1) is 5.82 Å². The number of benzene rings is 2. The van der Waals surface area contributed by atoms with E-state index in [0.29, 0.717) is 22.7 Å². The lowest BCUT2D eigenvalue weighted by atomic mass is 10.1. The molecule has 2 aromatic rings. The largest absolute Gasteiger partial charge is 0.493 e. The van der Waals surface area contributed by atoms with E-state index in [4.69, 9.17) is 9.47 Å². The Morgan fingerprint density at radius 1 is 1.08 bits per heavy atom. The first-order chi connectivity index (χ1) is 12.3. The molecule has 0 aliphatic carbocycles. The van der Waals surface area contributed by atoms with Gasteiger partial charge >= 0.3 is 0 Å². The smallest absolute Gasteiger partial charge is 0.255 e. The van der Waals surface area contributed by atoms with Gasteiger partial charge in [0.1, 0.15) is 5.82 Å². The molecular weight excluding hydrogens is 339 g/mol. The van der Waals surface area contributed by atoms with Gasteiger partial charge in [0.25, 0.3) is 5.91 Å². The molecule has 0 aliphatic rings. The van der Waals surface area contributed by atoms with E-state index < -0.39 is 5.82 Å². The van der Waals surface area contributed by atoms with Crippen molar-refractivity contribution in [3.05, 3.63) is 53.3 Å². The number of halogens is 1. The Bertz CT molecular complexity index is 821. The van der Waals surface area contributed by atoms with Crippen LogP contribution in [0.25, 0.3) is 0 Å². The minimum absolute atomic E-state index is 0.0261. The highest BCUT2D eigenvalue weighted by atomic mass is 19.1. The van der Waals surface area contributed by atoms with E-state index in [1.165, 1.54) is 49.5 Å². The molecule has 2 amide bonds. The van der Waals surface area contributed by atoms with Crippen LogP contribution in [0.5, 0.6) is 11.5 Å². The average Bonchev–Trinajstić information content (AvgIpc) is 2.60. The van der Waals surface area contributed by atoms with E-state index in [1.807, 2.05) is 0 Å². The van der Waals surface area contributed by atoms with Crippen molar-refractivity contribution < 1.29 is 23.5 Å². The van der Waals surface area contributed by atoms with Gasteiger partial charge in [-0.05, 0) is 23.8 Å². The molecule has 2 aromatic carbocycles. The van der Waals surface area contributed by atoms with Crippen molar-refractivity contribution in [1.29, 1.82) is 0 Å². The second-order valence-electron chi connectivity index (χ2n) is 5.81. The maximum absolute atomic E-state index is 13.3. The number of hydrogen-bond donors (Lipinski definition) is 1. The predicted octanol–water partition coefficient (Wildman–Crippen LogP) is 2.73. The fraction of sp³-hybridized carbons (Fsp3) is 0.263. The maximum atomic E-state index is 13.3. The van der Waals surface area contributed by atoms with E-state index in [-0.39, 0.29) is 23.8 Å². The van der Waals surface area contributed by atoms with Crippen LogP contribution in [-0.2, 0) is 11.2 Å². The molecule has 0 bridgehead atoms. The minimum atomic E-state index is -0.412. The standard InChI is InChI=1S/C19H21FN2O4/c1-22(2)19(24)14-10-16(25-3)17(26-4)11-15(14)21-18(23)9-12-6-5-7-13(20)8-12/h5-8,10-11H,9H2,1-4H3,(H,21,23). The van der Waals surface area contributed by atoms with E-state index in [9.17, 15) is 14.0 Å². The average molecular weight is 360 g/mol. The predicted molar refractivity (Wildman–Crippen MR) is 96.3 cm³/mol. The second kappa shape index (κ2) is 8.33.